The molecular weight excluding hydrogens is 677 g/mol. The Morgan fingerprint density at radius 1 is 0.882 bits per heavy atom. The molecule has 1 fully saturated rings. The van der Waals surface area contributed by atoms with Gasteiger partial charge in [-0.1, -0.05) is 23.5 Å². The van der Waals surface area contributed by atoms with Crippen molar-refractivity contribution in [2.45, 2.75) is 91.6 Å². The van der Waals surface area contributed by atoms with Crippen LogP contribution in [-0.2, 0) is 14.2 Å². The molecule has 1 unspecified atom stereocenters. The topological polar surface area (TPSA) is 170 Å². The molecule has 2 N–H and O–H groups in total. The summed E-state index contributed by atoms with van der Waals surface area (Å²) < 4.78 is 17.7. The quantitative estimate of drug-likeness (QED) is 0.196. The first kappa shape index (κ1) is 37.0. The number of anilines is 3. The highest BCUT2D eigenvalue weighted by molar-refractivity contribution is 7.18. The maximum absolute atomic E-state index is 13.6. The molecular formula is C35H44N8O7S. The molecule has 272 valence electrons. The van der Waals surface area contributed by atoms with Gasteiger partial charge in [-0.3, -0.25) is 0 Å². The van der Waals surface area contributed by atoms with E-state index in [4.69, 9.17) is 14.2 Å². The van der Waals surface area contributed by atoms with Gasteiger partial charge in [0.1, 0.15) is 21.8 Å². The van der Waals surface area contributed by atoms with Crippen molar-refractivity contribution in [3.05, 3.63) is 48.7 Å². The fourth-order valence-electron chi connectivity index (χ4n) is 5.10. The molecule has 0 bridgehead atoms. The van der Waals surface area contributed by atoms with E-state index in [-0.39, 0.29) is 17.2 Å². The lowest BCUT2D eigenvalue weighted by Crippen LogP contribution is -2.42. The number of rotatable bonds is 5. The molecule has 16 heteroatoms. The van der Waals surface area contributed by atoms with E-state index >= 15 is 0 Å². The average molecular weight is 721 g/mol. The van der Waals surface area contributed by atoms with Crippen LogP contribution in [0.4, 0.5) is 35.7 Å². The number of carbonyl (C=O) groups is 4. The molecule has 0 radical (unpaired) electrons. The van der Waals surface area contributed by atoms with Gasteiger partial charge in [0.25, 0.3) is 0 Å². The average Bonchev–Trinajstić information content (AvgIpc) is 3.75. The third-order valence-electron chi connectivity index (χ3n) is 7.12. The van der Waals surface area contributed by atoms with Crippen molar-refractivity contribution in [1.29, 1.82) is 0 Å². The minimum absolute atomic E-state index is 0.216. The van der Waals surface area contributed by atoms with Crippen molar-refractivity contribution in [3.8, 4) is 10.6 Å². The van der Waals surface area contributed by atoms with Gasteiger partial charge in [0.05, 0.1) is 23.4 Å². The van der Waals surface area contributed by atoms with Crippen molar-refractivity contribution < 1.29 is 33.4 Å². The van der Waals surface area contributed by atoms with Gasteiger partial charge < -0.3 is 29.7 Å². The lowest BCUT2D eigenvalue weighted by Gasteiger charge is -2.25. The second-order valence-electron chi connectivity index (χ2n) is 15.1. The number of aromatic nitrogens is 4. The van der Waals surface area contributed by atoms with Crippen molar-refractivity contribution >= 4 is 63.1 Å². The number of alkyl carbamates (subject to hydrolysis) is 1. The maximum atomic E-state index is 13.6. The minimum Gasteiger partial charge on any atom is -0.444 e. The third-order valence-corrected chi connectivity index (χ3v) is 8.07. The summed E-state index contributed by atoms with van der Waals surface area (Å²) in [7, 11) is 0. The summed E-state index contributed by atoms with van der Waals surface area (Å²) >= 11 is 1.16. The van der Waals surface area contributed by atoms with Crippen LogP contribution in [0.3, 0.4) is 0 Å². The van der Waals surface area contributed by atoms with Crippen molar-refractivity contribution in [2.75, 3.05) is 23.3 Å². The Labute approximate surface area is 300 Å². The standard InChI is InChI=1S/C35H44N8O7S/c1-33(2,3)48-30(45)38-24-15-16-41(20-24)28(44)37-23-12-10-11-21(17-23)27-39-40-29(51-27)42(31(46)49-34(4,5)6)25-13-14-26-22(18-25)19-36-43(26)32(47)50-35(7,8)9/h10-14,17-19,24H,15-16,20H2,1-9H3,(H,37,44)(H,38,45). The predicted molar refractivity (Wildman–Crippen MR) is 193 cm³/mol. The summed E-state index contributed by atoms with van der Waals surface area (Å²) in [5.41, 5.74) is 0.00363. The van der Waals surface area contributed by atoms with Crippen LogP contribution in [0.25, 0.3) is 21.5 Å². The zero-order chi connectivity index (χ0) is 37.3. The van der Waals surface area contributed by atoms with Crippen LogP contribution in [0.5, 0.6) is 0 Å². The number of urea groups is 1. The van der Waals surface area contributed by atoms with Crippen molar-refractivity contribution in [1.82, 2.24) is 30.2 Å². The lowest BCUT2D eigenvalue weighted by molar-refractivity contribution is 0.0500. The molecule has 51 heavy (non-hydrogen) atoms. The van der Waals surface area contributed by atoms with Crippen molar-refractivity contribution in [2.24, 2.45) is 0 Å². The van der Waals surface area contributed by atoms with Gasteiger partial charge in [0, 0.05) is 29.7 Å². The first-order chi connectivity index (χ1) is 23.7. The number of benzene rings is 2. The van der Waals surface area contributed by atoms with E-state index in [1.165, 1.54) is 15.8 Å². The first-order valence-electron chi connectivity index (χ1n) is 16.5. The number of nitrogens with zero attached hydrogens (tertiary/aromatic N) is 6. The van der Waals surface area contributed by atoms with Gasteiger partial charge in [-0.2, -0.15) is 9.78 Å². The van der Waals surface area contributed by atoms with Crippen LogP contribution in [0.1, 0.15) is 68.7 Å². The third kappa shape index (κ3) is 9.72. The number of hydrogen-bond acceptors (Lipinski definition) is 11. The molecule has 3 heterocycles. The highest BCUT2D eigenvalue weighted by Crippen LogP contribution is 2.36. The molecule has 0 saturated carbocycles. The summed E-state index contributed by atoms with van der Waals surface area (Å²) in [6.07, 6.45) is 0.310. The van der Waals surface area contributed by atoms with Crippen molar-refractivity contribution in [3.63, 3.8) is 0 Å². The first-order valence-corrected chi connectivity index (χ1v) is 17.3. The van der Waals surface area contributed by atoms with Gasteiger partial charge in [-0.15, -0.1) is 10.2 Å². The minimum atomic E-state index is -0.803. The zero-order valence-electron chi connectivity index (χ0n) is 30.3. The smallest absolute Gasteiger partial charge is 0.435 e. The molecule has 4 aromatic rings. The second kappa shape index (κ2) is 14.2. The molecule has 1 aliphatic rings. The number of amides is 4. The van der Waals surface area contributed by atoms with E-state index < -0.39 is 35.1 Å². The number of nitrogens with one attached hydrogen (secondary N) is 2. The van der Waals surface area contributed by atoms with Crippen LogP contribution >= 0.6 is 11.3 Å². The SMILES string of the molecule is CC(C)(C)OC(=O)NC1CCN(C(=O)Nc2cccc(-c3nnc(N(C(=O)OC(C)(C)C)c4ccc5c(cnn5C(=O)OC(C)(C)C)c4)s3)c2)C1. The van der Waals surface area contributed by atoms with E-state index in [9.17, 15) is 19.2 Å². The number of carbonyl (C=O) groups excluding carboxylic acids is 4. The largest absolute Gasteiger partial charge is 0.444 e. The summed E-state index contributed by atoms with van der Waals surface area (Å²) in [5, 5.41) is 20.0. The zero-order valence-corrected chi connectivity index (χ0v) is 31.1. The van der Waals surface area contributed by atoms with E-state index in [0.29, 0.717) is 52.4 Å². The van der Waals surface area contributed by atoms with Crippen LogP contribution in [0.2, 0.25) is 0 Å². The molecule has 5 rings (SSSR count). The Hall–Kier alpha value is -5.25. The number of fused-ring (bicyclic) bond motifs is 1. The highest BCUT2D eigenvalue weighted by atomic mass is 32.1. The monoisotopic (exact) mass is 720 g/mol. The molecule has 4 amide bonds. The van der Waals surface area contributed by atoms with Gasteiger partial charge in [0.2, 0.25) is 5.13 Å². The fraction of sp³-hybridized carbons (Fsp3) is 0.457. The Balaban J connectivity index is 1.34. The van der Waals surface area contributed by atoms with Crippen LogP contribution in [-0.4, -0.2) is 85.1 Å². The van der Waals surface area contributed by atoms with Gasteiger partial charge in [-0.25, -0.2) is 24.1 Å². The highest BCUT2D eigenvalue weighted by Gasteiger charge is 2.31. The fourth-order valence-corrected chi connectivity index (χ4v) is 5.96. The van der Waals surface area contributed by atoms with Gasteiger partial charge >= 0.3 is 24.3 Å². The number of likely N-dealkylation sites (tertiary alicyclic amines) is 1. The lowest BCUT2D eigenvalue weighted by atomic mass is 10.2. The summed E-state index contributed by atoms with van der Waals surface area (Å²) in [6.45, 7) is 16.8. The molecule has 2 aromatic carbocycles. The second-order valence-corrected chi connectivity index (χ2v) is 16.0. The predicted octanol–water partition coefficient (Wildman–Crippen LogP) is 7.54. The van der Waals surface area contributed by atoms with E-state index in [1.54, 1.807) is 104 Å². The van der Waals surface area contributed by atoms with Gasteiger partial charge in [0.15, 0.2) is 0 Å². The van der Waals surface area contributed by atoms with E-state index in [2.05, 4.69) is 25.9 Å². The summed E-state index contributed by atoms with van der Waals surface area (Å²) in [4.78, 5) is 54.6. The molecule has 1 saturated heterocycles. The molecule has 1 aliphatic heterocycles. The Morgan fingerprint density at radius 2 is 1.59 bits per heavy atom. The van der Waals surface area contributed by atoms with Gasteiger partial charge in [-0.05, 0) is 99.1 Å². The molecule has 2 aromatic heterocycles. The van der Waals surface area contributed by atoms with E-state index in [1.807, 2.05) is 6.07 Å². The van der Waals surface area contributed by atoms with Crippen LogP contribution in [0.15, 0.2) is 48.7 Å². The maximum Gasteiger partial charge on any atom is 0.435 e. The van der Waals surface area contributed by atoms with Crippen LogP contribution < -0.4 is 15.5 Å². The van der Waals surface area contributed by atoms with Crippen LogP contribution in [0, 0.1) is 0 Å². The molecule has 0 aliphatic carbocycles. The summed E-state index contributed by atoms with van der Waals surface area (Å²) in [6, 6.07) is 11.7. The normalized spacial score (nSPS) is 15.0. The Kier molecular flexibility index (Phi) is 10.3. The van der Waals surface area contributed by atoms with E-state index in [0.717, 1.165) is 11.3 Å². The molecule has 15 nitrogen and oxygen atoms in total. The molecule has 0 spiro atoms. The molecule has 1 atom stereocenters. The number of ether oxygens (including phenoxy) is 3. The Morgan fingerprint density at radius 3 is 2.27 bits per heavy atom. The summed E-state index contributed by atoms with van der Waals surface area (Å²) in [5.74, 6) is 0. The Bertz CT molecular complexity index is 1940. The number of hydrogen-bond donors (Lipinski definition) is 2.